The molecule has 0 bridgehead atoms. The Kier molecular flexibility index (Phi) is 39.6. The Bertz CT molecular complexity index is 702. The van der Waals surface area contributed by atoms with E-state index in [0.29, 0.717) is 32.2 Å². The van der Waals surface area contributed by atoms with Crippen molar-refractivity contribution in [3.05, 3.63) is 0 Å². The van der Waals surface area contributed by atoms with Crippen LogP contribution < -0.4 is 0 Å². The summed E-state index contributed by atoms with van der Waals surface area (Å²) >= 11 is 0. The minimum Gasteiger partial charge on any atom is -0.466 e. The molecule has 0 fully saturated rings. The average molecular weight is 752 g/mol. The van der Waals surface area contributed by atoms with E-state index in [1.165, 1.54) is 154 Å². The van der Waals surface area contributed by atoms with Crippen LogP contribution in [-0.2, 0) is 23.8 Å². The van der Waals surface area contributed by atoms with Crippen molar-refractivity contribution in [3.8, 4) is 0 Å². The summed E-state index contributed by atoms with van der Waals surface area (Å²) in [5, 5.41) is 0. The molecule has 0 aliphatic heterocycles. The van der Waals surface area contributed by atoms with Crippen LogP contribution in [-0.4, -0.2) is 63.4 Å². The van der Waals surface area contributed by atoms with Gasteiger partial charge in [-0.2, -0.15) is 0 Å². The second-order valence-electron chi connectivity index (χ2n) is 16.6. The molecule has 0 amide bonds. The fourth-order valence-corrected chi connectivity index (χ4v) is 7.42. The van der Waals surface area contributed by atoms with E-state index in [2.05, 4.69) is 46.7 Å². The smallest absolute Gasteiger partial charge is 0.305 e. The van der Waals surface area contributed by atoms with Crippen LogP contribution in [0.1, 0.15) is 233 Å². The Morgan fingerprint density at radius 2 is 0.755 bits per heavy atom. The maximum absolute atomic E-state index is 12.2. The zero-order chi connectivity index (χ0) is 39.0. The Balaban J connectivity index is 3.95. The van der Waals surface area contributed by atoms with Gasteiger partial charge in [-0.3, -0.25) is 9.59 Å². The van der Waals surface area contributed by atoms with E-state index in [1.807, 2.05) is 0 Å². The SMILES string of the molecule is CCCCC(CCCC)CCOC(=O)CCCCCCCCCC(CCCCCCCCCC(=O)OCCC(CCCC)CCCC)OCCN(C)C. The summed E-state index contributed by atoms with van der Waals surface area (Å²) in [5.74, 6) is 1.45. The molecule has 0 atom stereocenters. The summed E-state index contributed by atoms with van der Waals surface area (Å²) in [7, 11) is 4.23. The zero-order valence-electron chi connectivity index (χ0n) is 36.7. The summed E-state index contributed by atoms with van der Waals surface area (Å²) in [6.45, 7) is 12.0. The highest BCUT2D eigenvalue weighted by molar-refractivity contribution is 5.69. The van der Waals surface area contributed by atoms with E-state index in [1.54, 1.807) is 0 Å². The van der Waals surface area contributed by atoms with Gasteiger partial charge < -0.3 is 19.1 Å². The summed E-state index contributed by atoms with van der Waals surface area (Å²) in [6.07, 6.45) is 38.0. The molecule has 0 radical (unpaired) electrons. The van der Waals surface area contributed by atoms with Crippen LogP contribution in [0.3, 0.4) is 0 Å². The number of rotatable bonds is 42. The molecular weight excluding hydrogens is 659 g/mol. The predicted octanol–water partition coefficient (Wildman–Crippen LogP) is 13.8. The van der Waals surface area contributed by atoms with Crippen molar-refractivity contribution in [2.75, 3.05) is 40.5 Å². The van der Waals surface area contributed by atoms with Crippen molar-refractivity contribution in [1.82, 2.24) is 4.90 Å². The van der Waals surface area contributed by atoms with E-state index < -0.39 is 0 Å². The first kappa shape index (κ1) is 51.9. The number of ether oxygens (including phenoxy) is 3. The highest BCUT2D eigenvalue weighted by atomic mass is 16.5. The molecule has 0 saturated carbocycles. The van der Waals surface area contributed by atoms with E-state index in [9.17, 15) is 9.59 Å². The van der Waals surface area contributed by atoms with Crippen LogP contribution in [0.15, 0.2) is 0 Å². The van der Waals surface area contributed by atoms with Crippen LogP contribution in [0.5, 0.6) is 0 Å². The van der Waals surface area contributed by atoms with Gasteiger partial charge in [0.25, 0.3) is 0 Å². The van der Waals surface area contributed by atoms with Gasteiger partial charge in [0, 0.05) is 19.4 Å². The molecule has 0 aromatic heterocycles. The van der Waals surface area contributed by atoms with Gasteiger partial charge in [0.15, 0.2) is 0 Å². The van der Waals surface area contributed by atoms with Crippen molar-refractivity contribution in [3.63, 3.8) is 0 Å². The number of unbranched alkanes of at least 4 members (excludes halogenated alkanes) is 16. The minimum atomic E-state index is 0.00298. The summed E-state index contributed by atoms with van der Waals surface area (Å²) in [4.78, 5) is 26.6. The predicted molar refractivity (Wildman–Crippen MR) is 228 cm³/mol. The molecule has 0 N–H and O–H groups in total. The lowest BCUT2D eigenvalue weighted by Crippen LogP contribution is -2.22. The Morgan fingerprint density at radius 1 is 0.415 bits per heavy atom. The molecule has 0 aromatic carbocycles. The molecule has 0 saturated heterocycles. The molecule has 0 heterocycles. The van der Waals surface area contributed by atoms with Gasteiger partial charge in [0.05, 0.1) is 25.9 Å². The molecule has 6 heteroatoms. The van der Waals surface area contributed by atoms with Crippen LogP contribution in [0, 0.1) is 11.8 Å². The van der Waals surface area contributed by atoms with Crippen molar-refractivity contribution >= 4 is 11.9 Å². The van der Waals surface area contributed by atoms with E-state index in [0.717, 1.165) is 63.5 Å². The molecule has 0 aromatic rings. The molecule has 0 rings (SSSR count). The fourth-order valence-electron chi connectivity index (χ4n) is 7.42. The second-order valence-corrected chi connectivity index (χ2v) is 16.6. The molecular formula is C47H93NO5. The van der Waals surface area contributed by atoms with Gasteiger partial charge in [0.2, 0.25) is 0 Å². The summed E-state index contributed by atoms with van der Waals surface area (Å²) in [6, 6.07) is 0. The Labute approximate surface area is 331 Å². The zero-order valence-corrected chi connectivity index (χ0v) is 36.7. The van der Waals surface area contributed by atoms with Crippen molar-refractivity contribution in [2.45, 2.75) is 239 Å². The number of likely N-dealkylation sites (N-methyl/N-ethyl adjacent to an activating group) is 1. The third kappa shape index (κ3) is 37.6. The van der Waals surface area contributed by atoms with Crippen LogP contribution in [0.2, 0.25) is 0 Å². The number of nitrogens with zero attached hydrogens (tertiary/aromatic N) is 1. The molecule has 0 spiro atoms. The molecule has 0 aliphatic carbocycles. The van der Waals surface area contributed by atoms with Crippen LogP contribution in [0.4, 0.5) is 0 Å². The highest BCUT2D eigenvalue weighted by Crippen LogP contribution is 2.22. The average Bonchev–Trinajstić information content (AvgIpc) is 3.14. The molecule has 316 valence electrons. The lowest BCUT2D eigenvalue weighted by atomic mass is 9.93. The van der Waals surface area contributed by atoms with Crippen molar-refractivity contribution in [1.29, 1.82) is 0 Å². The lowest BCUT2D eigenvalue weighted by Gasteiger charge is -2.19. The summed E-state index contributed by atoms with van der Waals surface area (Å²) < 4.78 is 17.5. The fraction of sp³-hybridized carbons (Fsp3) is 0.957. The standard InChI is InChI=1S/C47H93NO5/c1-7-11-29-43(30-12-8-2)37-40-52-46(49)35-27-23-19-15-17-21-25-33-45(51-42-39-48(5)6)34-26-22-18-16-20-24-28-36-47(50)53-41-38-44(31-13-9-3)32-14-10-4/h43-45H,7-42H2,1-6H3. The highest BCUT2D eigenvalue weighted by Gasteiger charge is 2.12. The first-order valence-corrected chi connectivity index (χ1v) is 23.4. The first-order valence-electron chi connectivity index (χ1n) is 23.4. The molecule has 0 aliphatic rings. The normalized spacial score (nSPS) is 11.8. The van der Waals surface area contributed by atoms with Crippen molar-refractivity contribution < 1.29 is 23.8 Å². The van der Waals surface area contributed by atoms with E-state index >= 15 is 0 Å². The third-order valence-corrected chi connectivity index (χ3v) is 11.1. The van der Waals surface area contributed by atoms with Crippen molar-refractivity contribution in [2.24, 2.45) is 11.8 Å². The molecule has 6 nitrogen and oxygen atoms in total. The second kappa shape index (κ2) is 40.5. The van der Waals surface area contributed by atoms with Gasteiger partial charge in [-0.05, 0) is 64.5 Å². The number of carbonyl (C=O) groups is 2. The van der Waals surface area contributed by atoms with Gasteiger partial charge in [-0.15, -0.1) is 0 Å². The first-order chi connectivity index (χ1) is 25.9. The van der Waals surface area contributed by atoms with Gasteiger partial charge in [-0.25, -0.2) is 0 Å². The van der Waals surface area contributed by atoms with Gasteiger partial charge in [0.1, 0.15) is 0 Å². The van der Waals surface area contributed by atoms with Crippen LogP contribution >= 0.6 is 0 Å². The maximum Gasteiger partial charge on any atom is 0.305 e. The summed E-state index contributed by atoms with van der Waals surface area (Å²) in [5.41, 5.74) is 0. The number of hydrogen-bond acceptors (Lipinski definition) is 6. The molecule has 0 unspecified atom stereocenters. The minimum absolute atomic E-state index is 0.00298. The largest absolute Gasteiger partial charge is 0.466 e. The van der Waals surface area contributed by atoms with E-state index in [4.69, 9.17) is 14.2 Å². The Hall–Kier alpha value is -1.14. The van der Waals surface area contributed by atoms with Gasteiger partial charge >= 0.3 is 11.9 Å². The molecule has 53 heavy (non-hydrogen) atoms. The Morgan fingerprint density at radius 3 is 1.09 bits per heavy atom. The number of hydrogen-bond donors (Lipinski definition) is 0. The van der Waals surface area contributed by atoms with E-state index in [-0.39, 0.29) is 11.9 Å². The van der Waals surface area contributed by atoms with Crippen LogP contribution in [0.25, 0.3) is 0 Å². The quantitative estimate of drug-likeness (QED) is 0.0457. The lowest BCUT2D eigenvalue weighted by molar-refractivity contribution is -0.145. The van der Waals surface area contributed by atoms with Gasteiger partial charge in [-0.1, -0.05) is 182 Å². The number of esters is 2. The topological polar surface area (TPSA) is 65.1 Å². The monoisotopic (exact) mass is 752 g/mol. The number of carbonyl (C=O) groups excluding carboxylic acids is 2. The third-order valence-electron chi connectivity index (χ3n) is 11.1. The maximum atomic E-state index is 12.2.